The lowest BCUT2D eigenvalue weighted by Gasteiger charge is -2.12. The van der Waals surface area contributed by atoms with Crippen LogP contribution in [-0.2, 0) is 9.59 Å². The van der Waals surface area contributed by atoms with Crippen molar-refractivity contribution in [1.29, 1.82) is 0 Å². The summed E-state index contributed by atoms with van der Waals surface area (Å²) in [4.78, 5) is 47.6. The van der Waals surface area contributed by atoms with E-state index in [-0.39, 0.29) is 27.6 Å². The number of imide groups is 1. The average molecular weight is 417 g/mol. The van der Waals surface area contributed by atoms with Crippen LogP contribution in [0.15, 0.2) is 47.4 Å². The highest BCUT2D eigenvalue weighted by Gasteiger charge is 2.36. The first-order valence-corrected chi connectivity index (χ1v) is 8.84. The van der Waals surface area contributed by atoms with Crippen molar-refractivity contribution in [3.05, 3.63) is 68.9 Å². The predicted molar refractivity (Wildman–Crippen MR) is 102 cm³/mol. The minimum Gasteiger partial charge on any atom is -0.508 e. The van der Waals surface area contributed by atoms with Crippen LogP contribution in [0.2, 0.25) is 0 Å². The minimum atomic E-state index is -0.813. The van der Waals surface area contributed by atoms with Gasteiger partial charge in [-0.05, 0) is 48.2 Å². The van der Waals surface area contributed by atoms with Gasteiger partial charge in [0.2, 0.25) is 5.91 Å². The van der Waals surface area contributed by atoms with Crippen LogP contribution in [0.3, 0.4) is 0 Å². The standard InChI is InChI=1S/C18H12FN3O6S/c19-11-2-1-3-12(8-11)20-16(24)9-21-17(25)15(29-18(21)26)7-10-6-13(23)4-5-14(10)22(27)28/h1-8,23H,9H2,(H,20,24)/b15-7+. The van der Waals surface area contributed by atoms with E-state index in [4.69, 9.17) is 0 Å². The van der Waals surface area contributed by atoms with Gasteiger partial charge in [-0.2, -0.15) is 0 Å². The summed E-state index contributed by atoms with van der Waals surface area (Å²) in [5.41, 5.74) is -0.268. The van der Waals surface area contributed by atoms with E-state index < -0.39 is 34.3 Å². The topological polar surface area (TPSA) is 130 Å². The molecule has 1 heterocycles. The molecule has 2 aromatic carbocycles. The highest BCUT2D eigenvalue weighted by atomic mass is 32.2. The molecule has 0 aromatic heterocycles. The van der Waals surface area contributed by atoms with Crippen LogP contribution in [-0.4, -0.2) is 38.5 Å². The Balaban J connectivity index is 1.78. The smallest absolute Gasteiger partial charge is 0.294 e. The number of carbonyl (C=O) groups is 3. The highest BCUT2D eigenvalue weighted by Crippen LogP contribution is 2.34. The number of nitro groups is 1. The number of nitrogens with zero attached hydrogens (tertiary/aromatic N) is 2. The van der Waals surface area contributed by atoms with Gasteiger partial charge in [-0.3, -0.25) is 29.4 Å². The summed E-state index contributed by atoms with van der Waals surface area (Å²) in [5.74, 6) is -2.35. The quantitative estimate of drug-likeness (QED) is 0.434. The summed E-state index contributed by atoms with van der Waals surface area (Å²) >= 11 is 0.508. The van der Waals surface area contributed by atoms with Gasteiger partial charge in [0, 0.05) is 11.8 Å². The molecular formula is C18H12FN3O6S. The van der Waals surface area contributed by atoms with E-state index in [2.05, 4.69) is 5.32 Å². The maximum absolute atomic E-state index is 13.2. The Morgan fingerprint density at radius 1 is 1.28 bits per heavy atom. The molecule has 29 heavy (non-hydrogen) atoms. The molecule has 0 aliphatic carbocycles. The average Bonchev–Trinajstić information content (AvgIpc) is 2.89. The Bertz CT molecular complexity index is 1070. The third-order valence-electron chi connectivity index (χ3n) is 3.78. The Labute approximate surface area is 167 Å². The van der Waals surface area contributed by atoms with E-state index in [1.807, 2.05) is 0 Å². The van der Waals surface area contributed by atoms with Crippen LogP contribution in [0.25, 0.3) is 6.08 Å². The number of halogens is 1. The second-order valence-electron chi connectivity index (χ2n) is 5.83. The first-order valence-electron chi connectivity index (χ1n) is 8.03. The molecule has 0 radical (unpaired) electrons. The zero-order valence-electron chi connectivity index (χ0n) is 14.5. The lowest BCUT2D eigenvalue weighted by molar-refractivity contribution is -0.385. The summed E-state index contributed by atoms with van der Waals surface area (Å²) < 4.78 is 13.2. The van der Waals surface area contributed by atoms with Gasteiger partial charge in [0.15, 0.2) is 0 Å². The van der Waals surface area contributed by atoms with Crippen molar-refractivity contribution < 1.29 is 28.8 Å². The molecule has 0 atom stereocenters. The lowest BCUT2D eigenvalue weighted by atomic mass is 10.1. The number of amides is 3. The zero-order valence-corrected chi connectivity index (χ0v) is 15.3. The molecule has 1 aliphatic heterocycles. The molecule has 0 unspecified atom stereocenters. The van der Waals surface area contributed by atoms with Crippen LogP contribution in [0.4, 0.5) is 20.6 Å². The van der Waals surface area contributed by atoms with E-state index in [0.29, 0.717) is 16.7 Å². The number of carbonyl (C=O) groups excluding carboxylic acids is 3. The number of nitro benzene ring substituents is 1. The van der Waals surface area contributed by atoms with Gasteiger partial charge >= 0.3 is 0 Å². The lowest BCUT2D eigenvalue weighted by Crippen LogP contribution is -2.36. The molecule has 1 saturated heterocycles. The molecule has 2 N–H and O–H groups in total. The van der Waals surface area contributed by atoms with Crippen LogP contribution < -0.4 is 5.32 Å². The first kappa shape index (κ1) is 20.0. The van der Waals surface area contributed by atoms with Gasteiger partial charge in [0.1, 0.15) is 18.1 Å². The predicted octanol–water partition coefficient (Wildman–Crippen LogP) is 3.11. The minimum absolute atomic E-state index is 0.0651. The Kier molecular flexibility index (Phi) is 5.59. The summed E-state index contributed by atoms with van der Waals surface area (Å²) in [7, 11) is 0. The maximum atomic E-state index is 13.2. The number of rotatable bonds is 5. The number of nitrogens with one attached hydrogen (secondary N) is 1. The van der Waals surface area contributed by atoms with Crippen molar-refractivity contribution in [3.8, 4) is 5.75 Å². The summed E-state index contributed by atoms with van der Waals surface area (Å²) in [5, 5.41) is 22.3. The van der Waals surface area contributed by atoms with Gasteiger partial charge in [0.25, 0.3) is 16.8 Å². The maximum Gasteiger partial charge on any atom is 0.294 e. The van der Waals surface area contributed by atoms with E-state index in [9.17, 15) is 34.0 Å². The molecule has 11 heteroatoms. The zero-order chi connectivity index (χ0) is 21.1. The molecule has 0 bridgehead atoms. The molecule has 1 aliphatic rings. The third-order valence-corrected chi connectivity index (χ3v) is 4.69. The Morgan fingerprint density at radius 2 is 2.03 bits per heavy atom. The third kappa shape index (κ3) is 4.58. The Hall–Kier alpha value is -3.73. The molecule has 2 aromatic rings. The monoisotopic (exact) mass is 417 g/mol. The fourth-order valence-electron chi connectivity index (χ4n) is 2.51. The van der Waals surface area contributed by atoms with Crippen LogP contribution in [0.1, 0.15) is 5.56 Å². The fourth-order valence-corrected chi connectivity index (χ4v) is 3.34. The summed E-state index contributed by atoms with van der Waals surface area (Å²) in [6.07, 6.45) is 1.10. The van der Waals surface area contributed by atoms with E-state index >= 15 is 0 Å². The van der Waals surface area contributed by atoms with Gasteiger partial charge in [-0.1, -0.05) is 6.07 Å². The highest BCUT2D eigenvalue weighted by molar-refractivity contribution is 8.18. The largest absolute Gasteiger partial charge is 0.508 e. The number of hydrogen-bond donors (Lipinski definition) is 2. The van der Waals surface area contributed by atoms with E-state index in [1.165, 1.54) is 18.2 Å². The Morgan fingerprint density at radius 3 is 2.72 bits per heavy atom. The number of thioether (sulfide) groups is 1. The molecule has 148 valence electrons. The number of aromatic hydroxyl groups is 1. The molecule has 0 spiro atoms. The van der Waals surface area contributed by atoms with Gasteiger partial charge in [-0.15, -0.1) is 0 Å². The van der Waals surface area contributed by atoms with Crippen molar-refractivity contribution >= 4 is 46.3 Å². The normalized spacial score (nSPS) is 15.1. The van der Waals surface area contributed by atoms with E-state index in [1.54, 1.807) is 0 Å². The van der Waals surface area contributed by atoms with Gasteiger partial charge in [-0.25, -0.2) is 4.39 Å². The van der Waals surface area contributed by atoms with E-state index in [0.717, 1.165) is 30.3 Å². The van der Waals surface area contributed by atoms with Crippen LogP contribution >= 0.6 is 11.8 Å². The molecule has 1 fully saturated rings. The number of hydrogen-bond acceptors (Lipinski definition) is 7. The van der Waals surface area contributed by atoms with Crippen LogP contribution in [0, 0.1) is 15.9 Å². The fraction of sp³-hybridized carbons (Fsp3) is 0.0556. The first-order chi connectivity index (χ1) is 13.7. The molecule has 3 rings (SSSR count). The van der Waals surface area contributed by atoms with Crippen molar-refractivity contribution in [2.75, 3.05) is 11.9 Å². The van der Waals surface area contributed by atoms with Crippen molar-refractivity contribution in [2.45, 2.75) is 0 Å². The SMILES string of the molecule is O=C(CN1C(=O)S/C(=C/c2cc(O)ccc2[N+](=O)[O-])C1=O)Nc1cccc(F)c1. The molecule has 9 nitrogen and oxygen atoms in total. The number of phenolic OH excluding ortho intramolecular Hbond substituents is 1. The number of benzene rings is 2. The van der Waals surface area contributed by atoms with Crippen molar-refractivity contribution in [3.63, 3.8) is 0 Å². The van der Waals surface area contributed by atoms with Crippen LogP contribution in [0.5, 0.6) is 5.75 Å². The summed E-state index contributed by atoms with van der Waals surface area (Å²) in [6, 6.07) is 8.37. The van der Waals surface area contributed by atoms with Gasteiger partial charge in [0.05, 0.1) is 15.4 Å². The molecular weight excluding hydrogens is 405 g/mol. The van der Waals surface area contributed by atoms with Crippen molar-refractivity contribution in [2.24, 2.45) is 0 Å². The molecule has 0 saturated carbocycles. The number of anilines is 1. The van der Waals surface area contributed by atoms with Crippen molar-refractivity contribution in [1.82, 2.24) is 4.90 Å². The second-order valence-corrected chi connectivity index (χ2v) is 6.82. The number of phenols is 1. The second kappa shape index (κ2) is 8.10. The molecule has 3 amide bonds. The van der Waals surface area contributed by atoms with Gasteiger partial charge < -0.3 is 10.4 Å². The summed E-state index contributed by atoms with van der Waals surface area (Å²) in [6.45, 7) is -0.610.